The molecule has 6 rings (SSSR count). The Hall–Kier alpha value is -3.44. The van der Waals surface area contributed by atoms with Crippen LogP contribution in [-0.4, -0.2) is 91.7 Å². The Balaban J connectivity index is 1.24. The van der Waals surface area contributed by atoms with Crippen LogP contribution in [-0.2, 0) is 4.79 Å². The number of methoxy groups -OCH3 is 1. The zero-order valence-corrected chi connectivity index (χ0v) is 23.1. The predicted molar refractivity (Wildman–Crippen MR) is 150 cm³/mol. The maximum Gasteiger partial charge on any atom is 0.265 e. The van der Waals surface area contributed by atoms with Gasteiger partial charge in [-0.25, -0.2) is 9.99 Å². The number of amides is 2. The summed E-state index contributed by atoms with van der Waals surface area (Å²) >= 11 is 0. The van der Waals surface area contributed by atoms with Gasteiger partial charge in [-0.2, -0.15) is 4.98 Å². The molecule has 1 spiro atoms. The molecule has 0 atom stereocenters. The molecule has 0 bridgehead atoms. The number of likely N-dealkylation sites (N-methyl/N-ethyl adjacent to an activating group) is 1. The maximum atomic E-state index is 13.3. The summed E-state index contributed by atoms with van der Waals surface area (Å²) in [5, 5.41) is 5.25. The number of benzene rings is 1. The fraction of sp³-hybridized carbons (Fsp3) is 0.571. The molecule has 2 amide bonds. The van der Waals surface area contributed by atoms with Crippen molar-refractivity contribution in [3.8, 4) is 5.75 Å². The quantitative estimate of drug-likeness (QED) is 0.579. The summed E-state index contributed by atoms with van der Waals surface area (Å²) in [5.41, 5.74) is 4.63. The first kappa shape index (κ1) is 25.8. The minimum atomic E-state index is -0.296. The first-order valence-electron chi connectivity index (χ1n) is 14.0. The molecule has 0 unspecified atom stereocenters. The molecule has 39 heavy (non-hydrogen) atoms. The number of hydrogen-bond acceptors (Lipinski definition) is 9. The molecule has 3 heterocycles. The molecule has 2 aliphatic heterocycles. The van der Waals surface area contributed by atoms with Gasteiger partial charge in [0.2, 0.25) is 11.9 Å². The van der Waals surface area contributed by atoms with E-state index in [9.17, 15) is 9.59 Å². The number of nitrogens with one attached hydrogen (secondary N) is 2. The molecule has 1 aromatic carbocycles. The number of aromatic nitrogens is 2. The van der Waals surface area contributed by atoms with E-state index in [0.29, 0.717) is 35.5 Å². The van der Waals surface area contributed by atoms with Crippen LogP contribution < -0.4 is 25.3 Å². The number of rotatable bonds is 6. The van der Waals surface area contributed by atoms with Crippen molar-refractivity contribution in [1.29, 1.82) is 0 Å². The Morgan fingerprint density at radius 3 is 2.54 bits per heavy atom. The number of nitrogens with zero attached hydrogens (tertiary/aromatic N) is 6. The zero-order valence-electron chi connectivity index (χ0n) is 23.1. The first-order chi connectivity index (χ1) is 18.9. The van der Waals surface area contributed by atoms with Crippen molar-refractivity contribution in [2.75, 3.05) is 69.0 Å². The Labute approximate surface area is 229 Å². The SMILES string of the molecule is COc1cc(C(=O)NN2CCN(C)CC2)ccc1Nc1ncc2c(n1)N(C1CCCC1)CC1(CC1)C(=O)N2C. The molecular weight excluding hydrogens is 496 g/mol. The van der Waals surface area contributed by atoms with E-state index in [4.69, 9.17) is 9.72 Å². The second-order valence-electron chi connectivity index (χ2n) is 11.4. The number of carbonyl (C=O) groups excluding carboxylic acids is 2. The van der Waals surface area contributed by atoms with E-state index in [1.54, 1.807) is 30.3 Å². The van der Waals surface area contributed by atoms with Gasteiger partial charge in [-0.3, -0.25) is 15.0 Å². The average molecular weight is 535 g/mol. The van der Waals surface area contributed by atoms with Crippen LogP contribution in [0.25, 0.3) is 0 Å². The summed E-state index contributed by atoms with van der Waals surface area (Å²) in [7, 11) is 5.50. The molecule has 2 aliphatic carbocycles. The number of carbonyl (C=O) groups is 2. The molecule has 2 saturated carbocycles. The lowest BCUT2D eigenvalue weighted by atomic mass is 10.0. The van der Waals surface area contributed by atoms with Gasteiger partial charge < -0.3 is 24.8 Å². The number of piperazine rings is 1. The molecule has 0 radical (unpaired) electrons. The molecule has 1 saturated heterocycles. The summed E-state index contributed by atoms with van der Waals surface area (Å²) in [6.45, 7) is 4.11. The highest BCUT2D eigenvalue weighted by molar-refractivity contribution is 6.03. The zero-order chi connectivity index (χ0) is 27.1. The van der Waals surface area contributed by atoms with Gasteiger partial charge in [-0.1, -0.05) is 12.8 Å². The van der Waals surface area contributed by atoms with Crippen molar-refractivity contribution >= 4 is 35.0 Å². The smallest absolute Gasteiger partial charge is 0.265 e. The molecule has 3 fully saturated rings. The second kappa shape index (κ2) is 10.3. The summed E-state index contributed by atoms with van der Waals surface area (Å²) in [6, 6.07) is 5.70. The number of hydrogen-bond donors (Lipinski definition) is 2. The summed E-state index contributed by atoms with van der Waals surface area (Å²) < 4.78 is 5.63. The van der Waals surface area contributed by atoms with Gasteiger partial charge in [-0.15, -0.1) is 0 Å². The largest absolute Gasteiger partial charge is 0.495 e. The van der Waals surface area contributed by atoms with E-state index in [2.05, 4.69) is 32.6 Å². The van der Waals surface area contributed by atoms with E-state index < -0.39 is 0 Å². The standard InChI is InChI=1S/C28H38N8O3/c1-33-12-14-35(15-13-33)32-25(37)19-8-9-21(23(16-19)39-3)30-27-29-17-22-24(31-27)36(20-6-4-5-7-20)18-28(10-11-28)26(38)34(22)2/h8-9,16-17,20H,4-7,10-15,18H2,1-3H3,(H,32,37)(H,29,30,31). The molecule has 2 aromatic rings. The van der Waals surface area contributed by atoms with E-state index in [0.717, 1.165) is 63.4 Å². The van der Waals surface area contributed by atoms with E-state index >= 15 is 0 Å². The Bertz CT molecular complexity index is 1250. The van der Waals surface area contributed by atoms with Gasteiger partial charge >= 0.3 is 0 Å². The fourth-order valence-electron chi connectivity index (χ4n) is 6.03. The van der Waals surface area contributed by atoms with Gasteiger partial charge in [0.25, 0.3) is 5.91 Å². The Kier molecular flexibility index (Phi) is 6.80. The lowest BCUT2D eigenvalue weighted by Gasteiger charge is -2.32. The van der Waals surface area contributed by atoms with Crippen molar-refractivity contribution in [2.45, 2.75) is 44.6 Å². The number of ether oxygens (including phenoxy) is 1. The van der Waals surface area contributed by atoms with Crippen molar-refractivity contribution in [1.82, 2.24) is 25.3 Å². The fourth-order valence-corrected chi connectivity index (χ4v) is 6.03. The Morgan fingerprint density at radius 1 is 1.10 bits per heavy atom. The first-order valence-corrected chi connectivity index (χ1v) is 14.0. The number of hydrazine groups is 1. The third kappa shape index (κ3) is 5.00. The van der Waals surface area contributed by atoms with Crippen LogP contribution in [0.15, 0.2) is 24.4 Å². The average Bonchev–Trinajstić information content (AvgIpc) is 3.55. The number of fused-ring (bicyclic) bond motifs is 1. The minimum Gasteiger partial charge on any atom is -0.495 e. The van der Waals surface area contributed by atoms with Gasteiger partial charge in [0.05, 0.1) is 24.4 Å². The highest BCUT2D eigenvalue weighted by Crippen LogP contribution is 2.52. The predicted octanol–water partition coefficient (Wildman–Crippen LogP) is 2.63. The number of anilines is 4. The molecule has 2 N–H and O–H groups in total. The maximum absolute atomic E-state index is 13.3. The highest BCUT2D eigenvalue weighted by atomic mass is 16.5. The van der Waals surface area contributed by atoms with Crippen LogP contribution in [0.2, 0.25) is 0 Å². The third-order valence-electron chi connectivity index (χ3n) is 8.71. The van der Waals surface area contributed by atoms with Crippen LogP contribution in [0.3, 0.4) is 0 Å². The monoisotopic (exact) mass is 534 g/mol. The van der Waals surface area contributed by atoms with E-state index in [1.807, 2.05) is 18.1 Å². The van der Waals surface area contributed by atoms with Gasteiger partial charge in [0, 0.05) is 51.4 Å². The molecule has 208 valence electrons. The normalized spacial score (nSPS) is 21.6. The third-order valence-corrected chi connectivity index (χ3v) is 8.71. The topological polar surface area (TPSA) is 106 Å². The van der Waals surface area contributed by atoms with Crippen LogP contribution in [0.4, 0.5) is 23.1 Å². The van der Waals surface area contributed by atoms with Gasteiger partial charge in [0.1, 0.15) is 11.4 Å². The van der Waals surface area contributed by atoms with Crippen LogP contribution >= 0.6 is 0 Å². The van der Waals surface area contributed by atoms with Gasteiger partial charge in [-0.05, 0) is 50.9 Å². The van der Waals surface area contributed by atoms with Crippen molar-refractivity contribution in [3.63, 3.8) is 0 Å². The van der Waals surface area contributed by atoms with E-state index in [-0.39, 0.29) is 17.2 Å². The van der Waals surface area contributed by atoms with Crippen LogP contribution in [0.1, 0.15) is 48.9 Å². The minimum absolute atomic E-state index is 0.167. The van der Waals surface area contributed by atoms with E-state index in [1.165, 1.54) is 12.8 Å². The lowest BCUT2D eigenvalue weighted by Crippen LogP contribution is -2.52. The van der Waals surface area contributed by atoms with Crippen LogP contribution in [0, 0.1) is 5.41 Å². The lowest BCUT2D eigenvalue weighted by molar-refractivity contribution is -0.122. The summed E-state index contributed by atoms with van der Waals surface area (Å²) in [4.78, 5) is 42.1. The van der Waals surface area contributed by atoms with Crippen molar-refractivity contribution in [3.05, 3.63) is 30.0 Å². The highest BCUT2D eigenvalue weighted by Gasteiger charge is 2.55. The van der Waals surface area contributed by atoms with Crippen molar-refractivity contribution in [2.24, 2.45) is 5.41 Å². The molecule has 1 aromatic heterocycles. The Morgan fingerprint density at radius 2 is 1.85 bits per heavy atom. The molecule has 11 heteroatoms. The second-order valence-corrected chi connectivity index (χ2v) is 11.4. The van der Waals surface area contributed by atoms with Crippen molar-refractivity contribution < 1.29 is 14.3 Å². The molecule has 4 aliphatic rings. The summed E-state index contributed by atoms with van der Waals surface area (Å²) in [6.07, 6.45) is 8.24. The van der Waals surface area contributed by atoms with Gasteiger partial charge in [0.15, 0.2) is 5.82 Å². The van der Waals surface area contributed by atoms with Crippen LogP contribution in [0.5, 0.6) is 5.75 Å². The summed E-state index contributed by atoms with van der Waals surface area (Å²) in [5.74, 6) is 1.76. The molecular formula is C28H38N8O3. The molecule has 11 nitrogen and oxygen atoms in total.